The molecule has 0 saturated carbocycles. The molecule has 2 aromatic carbocycles. The molecule has 1 heterocycles. The molecule has 0 bridgehead atoms. The second-order valence-corrected chi connectivity index (χ2v) is 6.60. The number of methoxy groups -OCH3 is 2. The Morgan fingerprint density at radius 2 is 1.71 bits per heavy atom. The van der Waals surface area contributed by atoms with Crippen molar-refractivity contribution in [2.24, 2.45) is 0 Å². The highest BCUT2D eigenvalue weighted by Crippen LogP contribution is 2.28. The van der Waals surface area contributed by atoms with Crippen molar-refractivity contribution in [1.29, 1.82) is 0 Å². The number of benzene rings is 2. The lowest BCUT2D eigenvalue weighted by Crippen LogP contribution is -2.30. The number of carbonyl (C=O) groups is 1. The Bertz CT molecular complexity index is 948. The summed E-state index contributed by atoms with van der Waals surface area (Å²) in [5.74, 6) is 1.34. The van der Waals surface area contributed by atoms with Gasteiger partial charge in [-0.1, -0.05) is 12.1 Å². The second-order valence-electron chi connectivity index (χ2n) is 6.60. The summed E-state index contributed by atoms with van der Waals surface area (Å²) >= 11 is 0. The third-order valence-electron chi connectivity index (χ3n) is 4.83. The predicted molar refractivity (Wildman–Crippen MR) is 110 cm³/mol. The largest absolute Gasteiger partial charge is 0.493 e. The third kappa shape index (κ3) is 4.03. The molecule has 0 atom stereocenters. The Hall–Kier alpha value is -3.21. The topological polar surface area (TPSA) is 43.7 Å². The Morgan fingerprint density at radius 3 is 2.36 bits per heavy atom. The molecule has 0 saturated heterocycles. The predicted octanol–water partition coefficient (Wildman–Crippen LogP) is 4.47. The molecule has 1 amide bonds. The molecule has 0 unspecified atom stereocenters. The standard InChI is InChI=1S/C23H26N2O3/c1-5-24(16-18-9-11-21(27-3)22(14-18)28-4)23(26)19-10-8-17(2)20(15-19)25-12-6-7-13-25/h6-15H,5,16H2,1-4H3. The lowest BCUT2D eigenvalue weighted by atomic mass is 10.1. The Morgan fingerprint density at radius 1 is 1.00 bits per heavy atom. The number of hydrogen-bond donors (Lipinski definition) is 0. The van der Waals surface area contributed by atoms with E-state index < -0.39 is 0 Å². The highest BCUT2D eigenvalue weighted by Gasteiger charge is 2.17. The summed E-state index contributed by atoms with van der Waals surface area (Å²) in [5, 5.41) is 0. The molecule has 0 radical (unpaired) electrons. The Kier molecular flexibility index (Phi) is 6.04. The minimum absolute atomic E-state index is 0.00527. The summed E-state index contributed by atoms with van der Waals surface area (Å²) in [5.41, 5.74) is 3.80. The highest BCUT2D eigenvalue weighted by atomic mass is 16.5. The van der Waals surface area contributed by atoms with Gasteiger partial charge in [-0.05, 0) is 61.4 Å². The quantitative estimate of drug-likeness (QED) is 0.609. The number of amides is 1. The van der Waals surface area contributed by atoms with Crippen LogP contribution in [0.4, 0.5) is 0 Å². The summed E-state index contributed by atoms with van der Waals surface area (Å²) in [4.78, 5) is 15.0. The van der Waals surface area contributed by atoms with Crippen LogP contribution in [-0.4, -0.2) is 36.1 Å². The van der Waals surface area contributed by atoms with Gasteiger partial charge in [0.1, 0.15) is 0 Å². The van der Waals surface area contributed by atoms with Crippen LogP contribution in [0.3, 0.4) is 0 Å². The average Bonchev–Trinajstić information content (AvgIpc) is 3.26. The fraction of sp³-hybridized carbons (Fsp3) is 0.261. The van der Waals surface area contributed by atoms with Crippen LogP contribution in [-0.2, 0) is 6.54 Å². The first-order valence-electron chi connectivity index (χ1n) is 9.31. The van der Waals surface area contributed by atoms with Crippen molar-refractivity contribution < 1.29 is 14.3 Å². The molecule has 0 aliphatic heterocycles. The van der Waals surface area contributed by atoms with E-state index >= 15 is 0 Å². The highest BCUT2D eigenvalue weighted by molar-refractivity contribution is 5.95. The van der Waals surface area contributed by atoms with Gasteiger partial charge in [0, 0.05) is 36.7 Å². The van der Waals surface area contributed by atoms with Gasteiger partial charge in [0.2, 0.25) is 0 Å². The van der Waals surface area contributed by atoms with Crippen molar-refractivity contribution in [1.82, 2.24) is 9.47 Å². The zero-order valence-corrected chi connectivity index (χ0v) is 16.8. The number of aryl methyl sites for hydroxylation is 1. The molecule has 0 fully saturated rings. The maximum Gasteiger partial charge on any atom is 0.254 e. The maximum atomic E-state index is 13.2. The minimum atomic E-state index is 0.00527. The van der Waals surface area contributed by atoms with Gasteiger partial charge in [0.15, 0.2) is 11.5 Å². The first kappa shape index (κ1) is 19.5. The SMILES string of the molecule is CCN(Cc1ccc(OC)c(OC)c1)C(=O)c1ccc(C)c(-n2cccc2)c1. The van der Waals surface area contributed by atoms with Gasteiger partial charge < -0.3 is 18.9 Å². The van der Waals surface area contributed by atoms with Crippen LogP contribution >= 0.6 is 0 Å². The number of ether oxygens (including phenoxy) is 2. The van der Waals surface area contributed by atoms with Crippen molar-refractivity contribution >= 4 is 5.91 Å². The molecule has 0 aliphatic carbocycles. The van der Waals surface area contributed by atoms with Gasteiger partial charge in [-0.3, -0.25) is 4.79 Å². The van der Waals surface area contributed by atoms with Crippen LogP contribution in [0.25, 0.3) is 5.69 Å². The molecule has 5 nitrogen and oxygen atoms in total. The van der Waals surface area contributed by atoms with E-state index in [4.69, 9.17) is 9.47 Å². The van der Waals surface area contributed by atoms with E-state index in [2.05, 4.69) is 0 Å². The third-order valence-corrected chi connectivity index (χ3v) is 4.83. The van der Waals surface area contributed by atoms with Gasteiger partial charge in [0.25, 0.3) is 5.91 Å². The number of hydrogen-bond acceptors (Lipinski definition) is 3. The van der Waals surface area contributed by atoms with Gasteiger partial charge in [-0.25, -0.2) is 0 Å². The molecule has 3 rings (SSSR count). The molecule has 3 aromatic rings. The first-order chi connectivity index (χ1) is 13.6. The molecule has 146 valence electrons. The zero-order chi connectivity index (χ0) is 20.1. The van der Waals surface area contributed by atoms with E-state index in [0.29, 0.717) is 30.2 Å². The first-order valence-corrected chi connectivity index (χ1v) is 9.31. The fourth-order valence-corrected chi connectivity index (χ4v) is 3.22. The summed E-state index contributed by atoms with van der Waals surface area (Å²) in [7, 11) is 3.22. The Balaban J connectivity index is 1.85. The number of aromatic nitrogens is 1. The molecule has 5 heteroatoms. The van der Waals surface area contributed by atoms with Crippen molar-refractivity contribution in [3.63, 3.8) is 0 Å². The number of carbonyl (C=O) groups excluding carboxylic acids is 1. The van der Waals surface area contributed by atoms with E-state index in [9.17, 15) is 4.79 Å². The van der Waals surface area contributed by atoms with Crippen molar-refractivity contribution in [3.8, 4) is 17.2 Å². The summed E-state index contributed by atoms with van der Waals surface area (Å²) < 4.78 is 12.7. The summed E-state index contributed by atoms with van der Waals surface area (Å²) in [6.45, 7) is 5.15. The lowest BCUT2D eigenvalue weighted by molar-refractivity contribution is 0.0752. The molecule has 0 spiro atoms. The van der Waals surface area contributed by atoms with Gasteiger partial charge >= 0.3 is 0 Å². The molecule has 0 N–H and O–H groups in total. The van der Waals surface area contributed by atoms with Crippen LogP contribution in [0, 0.1) is 6.92 Å². The molecule has 1 aromatic heterocycles. The van der Waals surface area contributed by atoms with Crippen LogP contribution in [0.2, 0.25) is 0 Å². The van der Waals surface area contributed by atoms with Gasteiger partial charge in [-0.2, -0.15) is 0 Å². The van der Waals surface area contributed by atoms with Crippen LogP contribution in [0.15, 0.2) is 60.9 Å². The van der Waals surface area contributed by atoms with Crippen molar-refractivity contribution in [3.05, 3.63) is 77.6 Å². The van der Waals surface area contributed by atoms with E-state index in [1.165, 1.54) is 0 Å². The van der Waals surface area contributed by atoms with Crippen molar-refractivity contribution in [2.75, 3.05) is 20.8 Å². The monoisotopic (exact) mass is 378 g/mol. The summed E-state index contributed by atoms with van der Waals surface area (Å²) in [6.07, 6.45) is 3.97. The molecular formula is C23H26N2O3. The fourth-order valence-electron chi connectivity index (χ4n) is 3.22. The zero-order valence-electron chi connectivity index (χ0n) is 16.8. The summed E-state index contributed by atoms with van der Waals surface area (Å²) in [6, 6.07) is 15.5. The smallest absolute Gasteiger partial charge is 0.254 e. The lowest BCUT2D eigenvalue weighted by Gasteiger charge is -2.22. The van der Waals surface area contributed by atoms with E-state index in [-0.39, 0.29) is 5.91 Å². The number of rotatable bonds is 7. The molecular weight excluding hydrogens is 352 g/mol. The molecule has 28 heavy (non-hydrogen) atoms. The van der Waals surface area contributed by atoms with E-state index in [0.717, 1.165) is 16.8 Å². The number of nitrogens with zero attached hydrogens (tertiary/aromatic N) is 2. The van der Waals surface area contributed by atoms with E-state index in [1.54, 1.807) is 14.2 Å². The maximum absolute atomic E-state index is 13.2. The van der Waals surface area contributed by atoms with Crippen LogP contribution in [0.1, 0.15) is 28.4 Å². The average molecular weight is 378 g/mol. The van der Waals surface area contributed by atoms with Crippen molar-refractivity contribution in [2.45, 2.75) is 20.4 Å². The van der Waals surface area contributed by atoms with E-state index in [1.807, 2.05) is 84.2 Å². The minimum Gasteiger partial charge on any atom is -0.493 e. The van der Waals surface area contributed by atoms with Crippen LogP contribution in [0.5, 0.6) is 11.5 Å². The van der Waals surface area contributed by atoms with Gasteiger partial charge in [0.05, 0.1) is 14.2 Å². The van der Waals surface area contributed by atoms with Gasteiger partial charge in [-0.15, -0.1) is 0 Å². The normalized spacial score (nSPS) is 10.6. The second kappa shape index (κ2) is 8.65. The van der Waals surface area contributed by atoms with Crippen LogP contribution < -0.4 is 9.47 Å². The molecule has 0 aliphatic rings. The Labute approximate surface area is 166 Å².